The third kappa shape index (κ3) is 4.27. The average molecular weight is 367 g/mol. The quantitative estimate of drug-likeness (QED) is 0.257. The Kier molecular flexibility index (Phi) is 6.70. The van der Waals surface area contributed by atoms with Crippen molar-refractivity contribution in [1.82, 2.24) is 5.32 Å². The van der Waals surface area contributed by atoms with Gasteiger partial charge in [0.1, 0.15) is 42.7 Å². The first-order chi connectivity index (χ1) is 11.7. The summed E-state index contributed by atoms with van der Waals surface area (Å²) in [6, 6.07) is -1.22. The molecule has 2 saturated heterocycles. The maximum atomic E-state index is 11.3. The Morgan fingerprint density at radius 1 is 1.04 bits per heavy atom. The van der Waals surface area contributed by atoms with Crippen molar-refractivity contribution in [3.63, 3.8) is 0 Å². The molecule has 0 spiro atoms. The van der Waals surface area contributed by atoms with Gasteiger partial charge in [0.25, 0.3) is 0 Å². The predicted molar refractivity (Wildman–Crippen MR) is 78.8 cm³/mol. The van der Waals surface area contributed by atoms with Crippen molar-refractivity contribution < 1.29 is 49.6 Å². The van der Waals surface area contributed by atoms with E-state index in [1.165, 1.54) is 13.8 Å². The molecule has 0 aliphatic carbocycles. The summed E-state index contributed by atoms with van der Waals surface area (Å²) in [4.78, 5) is 11.3. The number of nitrogens with one attached hydrogen (secondary N) is 1. The SMILES string of the molecule is CC(=O)N[C@@H]1[C@@H](O[C@@H]2O[C@H](C)[C@H](O)[C@H](O)[C@H]2O)[C@@H](O)[C@@H](CO)O[C@@H]1O. The highest BCUT2D eigenvalue weighted by atomic mass is 16.7. The van der Waals surface area contributed by atoms with Gasteiger partial charge in [-0.2, -0.15) is 0 Å². The Morgan fingerprint density at radius 3 is 2.24 bits per heavy atom. The molecule has 0 aromatic carbocycles. The van der Waals surface area contributed by atoms with Crippen molar-refractivity contribution >= 4 is 5.91 Å². The van der Waals surface area contributed by atoms with Crippen LogP contribution in [-0.4, -0.2) is 105 Å². The Bertz CT molecular complexity index is 465. The Labute approximate surface area is 143 Å². The standard InChI is InChI=1S/C14H25NO10/c1-4-8(18)10(20)11(21)14(23-4)25-12-7(15-5(2)17)13(22)24-6(3-16)9(12)19/h4,6-14,16,18-22H,3H2,1-2H3,(H,15,17)/t4-,6-,7-,8+,9+,10+,11-,12-,13+,14+/m1/s1. The number of carbonyl (C=O) groups is 1. The normalized spacial score (nSPS) is 48.2. The zero-order chi connectivity index (χ0) is 18.9. The van der Waals surface area contributed by atoms with Crippen molar-refractivity contribution in [3.8, 4) is 0 Å². The van der Waals surface area contributed by atoms with E-state index in [2.05, 4.69) is 5.32 Å². The topological polar surface area (TPSA) is 178 Å². The minimum atomic E-state index is -1.64. The van der Waals surface area contributed by atoms with E-state index in [1.807, 2.05) is 0 Å². The van der Waals surface area contributed by atoms with Gasteiger partial charge < -0.3 is 50.2 Å². The minimum absolute atomic E-state index is 0.537. The van der Waals surface area contributed by atoms with Crippen molar-refractivity contribution in [1.29, 1.82) is 0 Å². The summed E-state index contributed by atoms with van der Waals surface area (Å²) >= 11 is 0. The first-order valence-electron chi connectivity index (χ1n) is 7.92. The van der Waals surface area contributed by atoms with Crippen LogP contribution in [0.4, 0.5) is 0 Å². The Morgan fingerprint density at radius 2 is 1.68 bits per heavy atom. The van der Waals surface area contributed by atoms with Gasteiger partial charge in [0, 0.05) is 6.92 Å². The largest absolute Gasteiger partial charge is 0.394 e. The fraction of sp³-hybridized carbons (Fsp3) is 0.929. The number of aliphatic hydroxyl groups is 6. The van der Waals surface area contributed by atoms with Crippen LogP contribution >= 0.6 is 0 Å². The van der Waals surface area contributed by atoms with E-state index in [0.717, 1.165) is 0 Å². The molecule has 1 amide bonds. The highest BCUT2D eigenvalue weighted by Gasteiger charge is 2.50. The lowest BCUT2D eigenvalue weighted by Gasteiger charge is -2.46. The lowest BCUT2D eigenvalue weighted by atomic mass is 9.95. The van der Waals surface area contributed by atoms with Crippen LogP contribution in [-0.2, 0) is 19.0 Å². The number of hydrogen-bond acceptors (Lipinski definition) is 10. The number of rotatable bonds is 4. The molecule has 11 heteroatoms. The molecule has 0 bridgehead atoms. The highest BCUT2D eigenvalue weighted by molar-refractivity contribution is 5.73. The average Bonchev–Trinajstić information content (AvgIpc) is 2.56. The van der Waals surface area contributed by atoms with Gasteiger partial charge in [-0.25, -0.2) is 0 Å². The van der Waals surface area contributed by atoms with E-state index in [9.17, 15) is 35.4 Å². The summed E-state index contributed by atoms with van der Waals surface area (Å²) in [5.41, 5.74) is 0. The smallest absolute Gasteiger partial charge is 0.217 e. The van der Waals surface area contributed by atoms with E-state index in [4.69, 9.17) is 14.2 Å². The number of hydrogen-bond donors (Lipinski definition) is 7. The van der Waals surface area contributed by atoms with Gasteiger partial charge in [-0.05, 0) is 6.92 Å². The second kappa shape index (κ2) is 8.20. The molecule has 0 radical (unpaired) electrons. The molecule has 2 fully saturated rings. The van der Waals surface area contributed by atoms with Crippen molar-refractivity contribution in [3.05, 3.63) is 0 Å². The fourth-order valence-corrected chi connectivity index (χ4v) is 2.92. The Hall–Kier alpha value is -0.890. The fourth-order valence-electron chi connectivity index (χ4n) is 2.92. The number of ether oxygens (including phenoxy) is 3. The second-order valence-electron chi connectivity index (χ2n) is 6.25. The molecule has 2 aliphatic heterocycles. The molecule has 0 saturated carbocycles. The van der Waals surface area contributed by atoms with E-state index >= 15 is 0 Å². The van der Waals surface area contributed by atoms with Crippen LogP contribution in [0.15, 0.2) is 0 Å². The van der Waals surface area contributed by atoms with Gasteiger partial charge >= 0.3 is 0 Å². The van der Waals surface area contributed by atoms with E-state index in [1.54, 1.807) is 0 Å². The first-order valence-corrected chi connectivity index (χ1v) is 7.92. The molecule has 0 aromatic heterocycles. The van der Waals surface area contributed by atoms with E-state index < -0.39 is 73.9 Å². The van der Waals surface area contributed by atoms with Gasteiger partial charge in [-0.15, -0.1) is 0 Å². The molecule has 2 aliphatic rings. The number of amides is 1. The summed E-state index contributed by atoms with van der Waals surface area (Å²) in [5, 5.41) is 61.5. The molecule has 0 aromatic rings. The second-order valence-corrected chi connectivity index (χ2v) is 6.25. The number of carbonyl (C=O) groups excluding carboxylic acids is 1. The zero-order valence-corrected chi connectivity index (χ0v) is 13.8. The Balaban J connectivity index is 2.20. The van der Waals surface area contributed by atoms with Crippen LogP contribution in [0.3, 0.4) is 0 Å². The summed E-state index contributed by atoms with van der Waals surface area (Å²) < 4.78 is 15.8. The molecular weight excluding hydrogens is 342 g/mol. The molecule has 11 nitrogen and oxygen atoms in total. The first kappa shape index (κ1) is 20.4. The van der Waals surface area contributed by atoms with Crippen LogP contribution < -0.4 is 5.32 Å². The van der Waals surface area contributed by atoms with Crippen molar-refractivity contribution in [2.45, 2.75) is 75.2 Å². The molecule has 7 N–H and O–H groups in total. The molecule has 2 heterocycles. The number of aliphatic hydroxyl groups excluding tert-OH is 6. The van der Waals surface area contributed by atoms with Crippen LogP contribution in [0.25, 0.3) is 0 Å². The van der Waals surface area contributed by atoms with E-state index in [-0.39, 0.29) is 0 Å². The predicted octanol–water partition coefficient (Wildman–Crippen LogP) is -4.23. The highest BCUT2D eigenvalue weighted by Crippen LogP contribution is 2.28. The van der Waals surface area contributed by atoms with Crippen molar-refractivity contribution in [2.24, 2.45) is 0 Å². The lowest BCUT2D eigenvalue weighted by molar-refractivity contribution is -0.337. The third-order valence-corrected chi connectivity index (χ3v) is 4.34. The summed E-state index contributed by atoms with van der Waals surface area (Å²) in [7, 11) is 0. The van der Waals surface area contributed by atoms with Gasteiger partial charge in [0.05, 0.1) is 12.7 Å². The molecule has 25 heavy (non-hydrogen) atoms. The minimum Gasteiger partial charge on any atom is -0.394 e. The third-order valence-electron chi connectivity index (χ3n) is 4.34. The van der Waals surface area contributed by atoms with Gasteiger partial charge in [-0.1, -0.05) is 0 Å². The summed E-state index contributed by atoms with van der Waals surface area (Å²) in [5.74, 6) is -0.537. The van der Waals surface area contributed by atoms with Gasteiger partial charge in [-0.3, -0.25) is 4.79 Å². The van der Waals surface area contributed by atoms with Crippen molar-refractivity contribution in [2.75, 3.05) is 6.61 Å². The molecule has 146 valence electrons. The van der Waals surface area contributed by atoms with Crippen LogP contribution in [0.5, 0.6) is 0 Å². The molecule has 2 rings (SSSR count). The monoisotopic (exact) mass is 367 g/mol. The van der Waals surface area contributed by atoms with Crippen LogP contribution in [0.2, 0.25) is 0 Å². The van der Waals surface area contributed by atoms with Crippen LogP contribution in [0.1, 0.15) is 13.8 Å². The molecule has 10 atom stereocenters. The molecular formula is C14H25NO10. The van der Waals surface area contributed by atoms with Gasteiger partial charge in [0.2, 0.25) is 5.91 Å². The molecule has 0 unspecified atom stereocenters. The maximum Gasteiger partial charge on any atom is 0.217 e. The van der Waals surface area contributed by atoms with E-state index in [0.29, 0.717) is 0 Å². The zero-order valence-electron chi connectivity index (χ0n) is 13.8. The van der Waals surface area contributed by atoms with Gasteiger partial charge in [0.15, 0.2) is 12.6 Å². The van der Waals surface area contributed by atoms with Crippen LogP contribution in [0, 0.1) is 0 Å². The maximum absolute atomic E-state index is 11.3. The lowest BCUT2D eigenvalue weighted by Crippen LogP contribution is -2.67. The summed E-state index contributed by atoms with van der Waals surface area (Å²) in [6.45, 7) is 2.01. The summed E-state index contributed by atoms with van der Waals surface area (Å²) in [6.07, 6.45) is -12.4.